The van der Waals surface area contributed by atoms with Crippen LogP contribution in [0.5, 0.6) is 0 Å². The minimum atomic E-state index is 0.931. The molecule has 0 radical (unpaired) electrons. The second-order valence-electron chi connectivity index (χ2n) is 3.68. The van der Waals surface area contributed by atoms with Crippen molar-refractivity contribution >= 4 is 21.6 Å². The van der Waals surface area contributed by atoms with Crippen LogP contribution in [0.4, 0.5) is 0 Å². The van der Waals surface area contributed by atoms with E-state index < -0.39 is 0 Å². The highest BCUT2D eigenvalue weighted by atomic mass is 32.1. The molecule has 0 amide bonds. The summed E-state index contributed by atoms with van der Waals surface area (Å²) in [6, 6.07) is 4.29. The maximum Gasteiger partial charge on any atom is 0.0809 e. The molecule has 2 rings (SSSR count). The third-order valence-electron chi connectivity index (χ3n) is 2.40. The van der Waals surface area contributed by atoms with Gasteiger partial charge >= 0.3 is 0 Å². The maximum absolute atomic E-state index is 4.41. The van der Waals surface area contributed by atoms with Crippen molar-refractivity contribution in [2.75, 3.05) is 6.54 Å². The fourth-order valence-electron chi connectivity index (χ4n) is 1.52. The molecular formula is C12H16N2S. The van der Waals surface area contributed by atoms with Gasteiger partial charge in [-0.25, -0.2) is 0 Å². The van der Waals surface area contributed by atoms with E-state index in [1.807, 2.05) is 6.20 Å². The number of fused-ring (bicyclic) bond motifs is 1. The molecule has 1 N–H and O–H groups in total. The predicted molar refractivity (Wildman–Crippen MR) is 66.2 cm³/mol. The first kappa shape index (κ1) is 10.6. The standard InChI is InChI=1S/C12H16N2S/c1-2-3-5-13-8-10-7-12-11(14-9-10)4-6-15-12/h4,6-7,9,13H,2-3,5,8H2,1H3. The van der Waals surface area contributed by atoms with Crippen molar-refractivity contribution in [2.45, 2.75) is 26.3 Å². The van der Waals surface area contributed by atoms with Crippen molar-refractivity contribution < 1.29 is 0 Å². The van der Waals surface area contributed by atoms with Crippen molar-refractivity contribution in [2.24, 2.45) is 0 Å². The average molecular weight is 220 g/mol. The van der Waals surface area contributed by atoms with Crippen molar-refractivity contribution in [3.05, 3.63) is 29.3 Å². The smallest absolute Gasteiger partial charge is 0.0809 e. The van der Waals surface area contributed by atoms with E-state index in [0.29, 0.717) is 0 Å². The van der Waals surface area contributed by atoms with Gasteiger partial charge in [0.1, 0.15) is 0 Å². The Hall–Kier alpha value is -0.930. The van der Waals surface area contributed by atoms with E-state index in [4.69, 9.17) is 0 Å². The van der Waals surface area contributed by atoms with Gasteiger partial charge in [0.05, 0.1) is 10.2 Å². The summed E-state index contributed by atoms with van der Waals surface area (Å²) in [4.78, 5) is 4.41. The van der Waals surface area contributed by atoms with Crippen LogP contribution in [0.2, 0.25) is 0 Å². The van der Waals surface area contributed by atoms with Crippen molar-refractivity contribution in [1.82, 2.24) is 10.3 Å². The lowest BCUT2D eigenvalue weighted by Gasteiger charge is -2.03. The number of pyridine rings is 1. The number of thiophene rings is 1. The molecular weight excluding hydrogens is 204 g/mol. The molecule has 0 aromatic carbocycles. The van der Waals surface area contributed by atoms with Crippen LogP contribution in [0.1, 0.15) is 25.3 Å². The molecule has 2 heterocycles. The number of rotatable bonds is 5. The third kappa shape index (κ3) is 2.76. The third-order valence-corrected chi connectivity index (χ3v) is 3.25. The molecule has 0 fully saturated rings. The van der Waals surface area contributed by atoms with E-state index in [2.05, 4.69) is 34.7 Å². The maximum atomic E-state index is 4.41. The number of hydrogen-bond donors (Lipinski definition) is 1. The first-order chi connectivity index (χ1) is 7.40. The van der Waals surface area contributed by atoms with Gasteiger partial charge in [-0.05, 0) is 36.0 Å². The van der Waals surface area contributed by atoms with Gasteiger partial charge in [-0.1, -0.05) is 13.3 Å². The monoisotopic (exact) mass is 220 g/mol. The molecule has 0 aliphatic heterocycles. The molecule has 0 spiro atoms. The number of unbranched alkanes of at least 4 members (excludes halogenated alkanes) is 1. The van der Waals surface area contributed by atoms with E-state index in [1.165, 1.54) is 23.1 Å². The molecule has 15 heavy (non-hydrogen) atoms. The molecule has 3 heteroatoms. The summed E-state index contributed by atoms with van der Waals surface area (Å²) in [5.41, 5.74) is 2.39. The minimum Gasteiger partial charge on any atom is -0.313 e. The van der Waals surface area contributed by atoms with Crippen LogP contribution in [0, 0.1) is 0 Å². The lowest BCUT2D eigenvalue weighted by atomic mass is 10.2. The Labute approximate surface area is 94.3 Å². The number of nitrogens with one attached hydrogen (secondary N) is 1. The second kappa shape index (κ2) is 5.24. The Kier molecular flexibility index (Phi) is 3.69. The number of nitrogens with zero attached hydrogens (tertiary/aromatic N) is 1. The predicted octanol–water partition coefficient (Wildman–Crippen LogP) is 3.19. The van der Waals surface area contributed by atoms with Gasteiger partial charge < -0.3 is 5.32 Å². The van der Waals surface area contributed by atoms with Crippen molar-refractivity contribution in [3.63, 3.8) is 0 Å². The SMILES string of the molecule is CCCCNCc1cnc2ccsc2c1. The highest BCUT2D eigenvalue weighted by molar-refractivity contribution is 7.17. The fraction of sp³-hybridized carbons (Fsp3) is 0.417. The van der Waals surface area contributed by atoms with Gasteiger partial charge in [0, 0.05) is 12.7 Å². The van der Waals surface area contributed by atoms with E-state index in [0.717, 1.165) is 18.6 Å². The molecule has 0 saturated carbocycles. The lowest BCUT2D eigenvalue weighted by molar-refractivity contribution is 0.641. The Morgan fingerprint density at radius 1 is 1.47 bits per heavy atom. The molecule has 2 nitrogen and oxygen atoms in total. The quantitative estimate of drug-likeness (QED) is 0.783. The van der Waals surface area contributed by atoms with Crippen molar-refractivity contribution in [1.29, 1.82) is 0 Å². The molecule has 0 saturated heterocycles. The van der Waals surface area contributed by atoms with Gasteiger partial charge in [-0.15, -0.1) is 11.3 Å². The zero-order valence-electron chi connectivity index (χ0n) is 8.99. The van der Waals surface area contributed by atoms with Gasteiger partial charge in [-0.3, -0.25) is 4.98 Å². The number of hydrogen-bond acceptors (Lipinski definition) is 3. The van der Waals surface area contributed by atoms with Gasteiger partial charge in [0.2, 0.25) is 0 Å². The molecule has 0 bridgehead atoms. The zero-order valence-corrected chi connectivity index (χ0v) is 9.81. The van der Waals surface area contributed by atoms with Crippen LogP contribution in [0.15, 0.2) is 23.7 Å². The summed E-state index contributed by atoms with van der Waals surface area (Å²) >= 11 is 1.75. The molecule has 2 aromatic rings. The van der Waals surface area contributed by atoms with Crippen LogP contribution < -0.4 is 5.32 Å². The first-order valence-electron chi connectivity index (χ1n) is 5.43. The zero-order chi connectivity index (χ0) is 10.5. The van der Waals surface area contributed by atoms with Crippen molar-refractivity contribution in [3.8, 4) is 0 Å². The Morgan fingerprint density at radius 2 is 2.40 bits per heavy atom. The van der Waals surface area contributed by atoms with E-state index in [1.54, 1.807) is 11.3 Å². The summed E-state index contributed by atoms with van der Waals surface area (Å²) in [6.07, 6.45) is 4.46. The highest BCUT2D eigenvalue weighted by Crippen LogP contribution is 2.19. The minimum absolute atomic E-state index is 0.931. The highest BCUT2D eigenvalue weighted by Gasteiger charge is 1.98. The Bertz CT molecular complexity index is 422. The largest absolute Gasteiger partial charge is 0.313 e. The van der Waals surface area contributed by atoms with Crippen LogP contribution in [0.25, 0.3) is 10.2 Å². The van der Waals surface area contributed by atoms with Gasteiger partial charge in [0.25, 0.3) is 0 Å². The normalized spacial score (nSPS) is 11.0. The molecule has 0 unspecified atom stereocenters. The summed E-state index contributed by atoms with van der Waals surface area (Å²) < 4.78 is 1.28. The summed E-state index contributed by atoms with van der Waals surface area (Å²) in [5.74, 6) is 0. The van der Waals surface area contributed by atoms with Crippen LogP contribution in [-0.4, -0.2) is 11.5 Å². The van der Waals surface area contributed by atoms with Gasteiger partial charge in [0.15, 0.2) is 0 Å². The molecule has 2 aromatic heterocycles. The van der Waals surface area contributed by atoms with E-state index in [-0.39, 0.29) is 0 Å². The van der Waals surface area contributed by atoms with Crippen LogP contribution in [-0.2, 0) is 6.54 Å². The fourth-order valence-corrected chi connectivity index (χ4v) is 2.32. The number of aromatic nitrogens is 1. The van der Waals surface area contributed by atoms with E-state index >= 15 is 0 Å². The molecule has 80 valence electrons. The molecule has 0 aliphatic carbocycles. The van der Waals surface area contributed by atoms with Crippen LogP contribution in [0.3, 0.4) is 0 Å². The van der Waals surface area contributed by atoms with Crippen LogP contribution >= 0.6 is 11.3 Å². The topological polar surface area (TPSA) is 24.9 Å². The summed E-state index contributed by atoms with van der Waals surface area (Å²) in [6.45, 7) is 4.24. The first-order valence-corrected chi connectivity index (χ1v) is 6.31. The summed E-state index contributed by atoms with van der Waals surface area (Å²) in [7, 11) is 0. The Morgan fingerprint density at radius 3 is 3.27 bits per heavy atom. The van der Waals surface area contributed by atoms with E-state index in [9.17, 15) is 0 Å². The molecule has 0 aliphatic rings. The molecule has 0 atom stereocenters. The average Bonchev–Trinajstić information content (AvgIpc) is 2.71. The summed E-state index contributed by atoms with van der Waals surface area (Å²) in [5, 5.41) is 5.51. The Balaban J connectivity index is 1.96. The second-order valence-corrected chi connectivity index (χ2v) is 4.63. The lowest BCUT2D eigenvalue weighted by Crippen LogP contribution is -2.14. The van der Waals surface area contributed by atoms with Gasteiger partial charge in [-0.2, -0.15) is 0 Å².